The number of hydrogen-bond donors (Lipinski definition) is 2. The third-order valence-corrected chi connectivity index (χ3v) is 5.41. The summed E-state index contributed by atoms with van der Waals surface area (Å²) in [6, 6.07) is 35.9. The molecule has 0 bridgehead atoms. The molecule has 0 radical (unpaired) electrons. The average molecular weight is 397 g/mol. The highest BCUT2D eigenvalue weighted by atomic mass is 32.1. The van der Waals surface area contributed by atoms with Crippen molar-refractivity contribution in [2.45, 2.75) is 12.3 Å². The zero-order valence-electron chi connectivity index (χ0n) is 16.2. The van der Waals surface area contributed by atoms with Crippen molar-refractivity contribution in [3.8, 4) is 0 Å². The molecule has 0 aromatic heterocycles. The van der Waals surface area contributed by atoms with Crippen LogP contribution in [-0.4, -0.2) is 11.7 Å². The van der Waals surface area contributed by atoms with Crippen LogP contribution in [-0.2, 0) is 0 Å². The Bertz CT molecular complexity index is 1030. The molecule has 0 aliphatic carbocycles. The van der Waals surface area contributed by atoms with E-state index in [0.717, 1.165) is 18.7 Å². The first-order chi connectivity index (χ1) is 14.3. The van der Waals surface area contributed by atoms with E-state index in [9.17, 15) is 0 Å². The largest absolute Gasteiger partial charge is 0.362 e. The first-order valence-electron chi connectivity index (χ1n) is 9.94. The van der Waals surface area contributed by atoms with Gasteiger partial charge in [0.25, 0.3) is 0 Å². The van der Waals surface area contributed by atoms with E-state index in [2.05, 4.69) is 102 Å². The summed E-state index contributed by atoms with van der Waals surface area (Å²) in [5.41, 5.74) is 3.69. The van der Waals surface area contributed by atoms with E-state index in [0.29, 0.717) is 11.0 Å². The molecule has 3 heteroatoms. The van der Waals surface area contributed by atoms with Crippen molar-refractivity contribution < 1.29 is 0 Å². The Morgan fingerprint density at radius 3 is 1.97 bits per heavy atom. The van der Waals surface area contributed by atoms with Crippen molar-refractivity contribution >= 4 is 33.8 Å². The number of thiocarbonyl (C=S) groups is 1. The smallest absolute Gasteiger partial charge is 0.170 e. The fourth-order valence-corrected chi connectivity index (χ4v) is 3.94. The quantitative estimate of drug-likeness (QED) is 0.371. The van der Waals surface area contributed by atoms with Gasteiger partial charge in [0.05, 0.1) is 0 Å². The van der Waals surface area contributed by atoms with Gasteiger partial charge >= 0.3 is 0 Å². The lowest BCUT2D eigenvalue weighted by molar-refractivity contribution is 0.694. The maximum atomic E-state index is 5.56. The first-order valence-corrected chi connectivity index (χ1v) is 10.3. The van der Waals surface area contributed by atoms with Gasteiger partial charge in [-0.3, -0.25) is 0 Å². The van der Waals surface area contributed by atoms with Gasteiger partial charge in [0, 0.05) is 23.5 Å². The number of nitrogens with one attached hydrogen (secondary N) is 2. The van der Waals surface area contributed by atoms with E-state index in [-0.39, 0.29) is 0 Å². The highest BCUT2D eigenvalue weighted by Gasteiger charge is 2.13. The molecule has 0 saturated carbocycles. The molecule has 0 spiro atoms. The normalized spacial score (nSPS) is 10.8. The van der Waals surface area contributed by atoms with Gasteiger partial charge in [0.1, 0.15) is 0 Å². The second kappa shape index (κ2) is 9.35. The van der Waals surface area contributed by atoms with Gasteiger partial charge in [0.2, 0.25) is 0 Å². The minimum atomic E-state index is 0.338. The van der Waals surface area contributed by atoms with E-state index in [1.807, 2.05) is 12.1 Å². The van der Waals surface area contributed by atoms with E-state index >= 15 is 0 Å². The van der Waals surface area contributed by atoms with Crippen molar-refractivity contribution in [3.05, 3.63) is 114 Å². The molecule has 0 fully saturated rings. The molecule has 0 unspecified atom stereocenters. The van der Waals surface area contributed by atoms with Crippen molar-refractivity contribution in [3.63, 3.8) is 0 Å². The number of anilines is 1. The van der Waals surface area contributed by atoms with Crippen LogP contribution < -0.4 is 10.6 Å². The van der Waals surface area contributed by atoms with Crippen molar-refractivity contribution in [1.29, 1.82) is 0 Å². The summed E-state index contributed by atoms with van der Waals surface area (Å²) < 4.78 is 0. The second-order valence-electron chi connectivity index (χ2n) is 7.07. The Balaban J connectivity index is 1.41. The van der Waals surface area contributed by atoms with E-state index in [1.165, 1.54) is 21.9 Å². The van der Waals surface area contributed by atoms with Crippen LogP contribution in [0.5, 0.6) is 0 Å². The van der Waals surface area contributed by atoms with Gasteiger partial charge in [-0.1, -0.05) is 97.1 Å². The second-order valence-corrected chi connectivity index (χ2v) is 7.48. The Morgan fingerprint density at radius 2 is 1.28 bits per heavy atom. The maximum Gasteiger partial charge on any atom is 0.170 e. The van der Waals surface area contributed by atoms with E-state index in [1.54, 1.807) is 0 Å². The predicted molar refractivity (Wildman–Crippen MR) is 128 cm³/mol. The lowest BCUT2D eigenvalue weighted by Gasteiger charge is -2.19. The van der Waals surface area contributed by atoms with Crippen LogP contribution in [0.25, 0.3) is 10.8 Å². The molecule has 2 nitrogen and oxygen atoms in total. The summed E-state index contributed by atoms with van der Waals surface area (Å²) >= 11 is 5.56. The molecule has 0 saturated heterocycles. The van der Waals surface area contributed by atoms with Gasteiger partial charge in [-0.2, -0.15) is 0 Å². The number of benzene rings is 4. The lowest BCUT2D eigenvalue weighted by atomic mass is 9.88. The van der Waals surface area contributed by atoms with Crippen LogP contribution >= 0.6 is 12.2 Å². The van der Waals surface area contributed by atoms with Gasteiger partial charge in [-0.05, 0) is 41.2 Å². The van der Waals surface area contributed by atoms with Crippen molar-refractivity contribution in [2.24, 2.45) is 0 Å². The zero-order valence-corrected chi connectivity index (χ0v) is 17.0. The Morgan fingerprint density at radius 1 is 0.690 bits per heavy atom. The van der Waals surface area contributed by atoms with Crippen LogP contribution in [0.3, 0.4) is 0 Å². The fraction of sp³-hybridized carbons (Fsp3) is 0.115. The van der Waals surface area contributed by atoms with Gasteiger partial charge < -0.3 is 10.6 Å². The molecule has 144 valence electrons. The molecular weight excluding hydrogens is 372 g/mol. The first kappa shape index (κ1) is 19.2. The molecule has 0 atom stereocenters. The molecule has 2 N–H and O–H groups in total. The molecule has 29 heavy (non-hydrogen) atoms. The van der Waals surface area contributed by atoms with Crippen LogP contribution in [0.4, 0.5) is 5.69 Å². The molecule has 0 heterocycles. The average Bonchev–Trinajstić information content (AvgIpc) is 2.78. The summed E-state index contributed by atoms with van der Waals surface area (Å²) in [6.07, 6.45) is 0.964. The van der Waals surface area contributed by atoms with Gasteiger partial charge in [-0.15, -0.1) is 0 Å². The highest BCUT2D eigenvalue weighted by Crippen LogP contribution is 2.27. The van der Waals surface area contributed by atoms with Gasteiger partial charge in [-0.25, -0.2) is 0 Å². The minimum Gasteiger partial charge on any atom is -0.362 e. The molecule has 4 rings (SSSR count). The molecule has 4 aromatic carbocycles. The molecule has 0 aliphatic rings. The summed E-state index contributed by atoms with van der Waals surface area (Å²) in [5.74, 6) is 0.338. The lowest BCUT2D eigenvalue weighted by Crippen LogP contribution is -2.30. The fourth-order valence-electron chi connectivity index (χ4n) is 3.73. The molecule has 0 aliphatic heterocycles. The maximum absolute atomic E-state index is 5.56. The Kier molecular flexibility index (Phi) is 6.18. The number of hydrogen-bond acceptors (Lipinski definition) is 1. The summed E-state index contributed by atoms with van der Waals surface area (Å²) in [4.78, 5) is 0. The van der Waals surface area contributed by atoms with Crippen molar-refractivity contribution in [2.75, 3.05) is 11.9 Å². The van der Waals surface area contributed by atoms with Crippen LogP contribution in [0.2, 0.25) is 0 Å². The van der Waals surface area contributed by atoms with Crippen LogP contribution in [0.1, 0.15) is 23.5 Å². The Hall–Kier alpha value is -3.17. The van der Waals surface area contributed by atoms with Crippen LogP contribution in [0, 0.1) is 0 Å². The monoisotopic (exact) mass is 396 g/mol. The third-order valence-electron chi connectivity index (χ3n) is 5.16. The third kappa shape index (κ3) is 4.82. The minimum absolute atomic E-state index is 0.338. The summed E-state index contributed by atoms with van der Waals surface area (Å²) in [6.45, 7) is 0.797. The SMILES string of the molecule is S=C(NCCC(c1ccccc1)c1ccccc1)Nc1cccc2ccccc12. The van der Waals surface area contributed by atoms with E-state index < -0.39 is 0 Å². The summed E-state index contributed by atoms with van der Waals surface area (Å²) in [5, 5.41) is 9.77. The molecule has 4 aromatic rings. The van der Waals surface area contributed by atoms with Crippen LogP contribution in [0.15, 0.2) is 103 Å². The van der Waals surface area contributed by atoms with E-state index in [4.69, 9.17) is 12.2 Å². The Labute approximate surface area is 177 Å². The molecular formula is C26H24N2S. The number of fused-ring (bicyclic) bond motifs is 1. The summed E-state index contributed by atoms with van der Waals surface area (Å²) in [7, 11) is 0. The topological polar surface area (TPSA) is 24.1 Å². The predicted octanol–water partition coefficient (Wildman–Crippen LogP) is 6.35. The number of rotatable bonds is 6. The van der Waals surface area contributed by atoms with Crippen molar-refractivity contribution in [1.82, 2.24) is 5.32 Å². The van der Waals surface area contributed by atoms with Gasteiger partial charge in [0.15, 0.2) is 5.11 Å². The standard InChI is InChI=1S/C26H24N2S/c29-26(28-25-17-9-15-22-14-7-8-16-24(22)25)27-19-18-23(20-10-3-1-4-11-20)21-12-5-2-6-13-21/h1-17,23H,18-19H2,(H2,27,28,29). The zero-order chi connectivity index (χ0) is 19.9. The highest BCUT2D eigenvalue weighted by molar-refractivity contribution is 7.80. The molecule has 0 amide bonds.